The zero-order valence-electron chi connectivity index (χ0n) is 10.3. The van der Waals surface area contributed by atoms with Gasteiger partial charge in [0.2, 0.25) is 0 Å². The Kier molecular flexibility index (Phi) is 4.04. The van der Waals surface area contributed by atoms with Crippen molar-refractivity contribution in [2.45, 2.75) is 58.0 Å². The van der Waals surface area contributed by atoms with Crippen LogP contribution in [0, 0.1) is 5.92 Å². The average molecular weight is 210 g/mol. The van der Waals surface area contributed by atoms with Crippen LogP contribution in [0.3, 0.4) is 0 Å². The summed E-state index contributed by atoms with van der Waals surface area (Å²) in [6.45, 7) is 8.56. The summed E-state index contributed by atoms with van der Waals surface area (Å²) in [5, 5.41) is 3.64. The molecule has 1 atom stereocenters. The molecular formula is C13H26N2. The van der Waals surface area contributed by atoms with E-state index in [-0.39, 0.29) is 0 Å². The van der Waals surface area contributed by atoms with Gasteiger partial charge >= 0.3 is 0 Å². The molecule has 0 bridgehead atoms. The van der Waals surface area contributed by atoms with E-state index in [9.17, 15) is 0 Å². The molecule has 0 aromatic carbocycles. The number of hydrogen-bond acceptors (Lipinski definition) is 2. The van der Waals surface area contributed by atoms with Crippen LogP contribution in [0.25, 0.3) is 0 Å². The van der Waals surface area contributed by atoms with Crippen LogP contribution >= 0.6 is 0 Å². The van der Waals surface area contributed by atoms with E-state index in [0.29, 0.717) is 0 Å². The van der Waals surface area contributed by atoms with Crippen LogP contribution in [0.1, 0.15) is 46.0 Å². The van der Waals surface area contributed by atoms with Gasteiger partial charge in [-0.3, -0.25) is 4.90 Å². The minimum absolute atomic E-state index is 0.739. The van der Waals surface area contributed by atoms with E-state index in [0.717, 1.165) is 18.0 Å². The number of likely N-dealkylation sites (tertiary alicyclic amines) is 1. The van der Waals surface area contributed by atoms with Crippen molar-refractivity contribution < 1.29 is 0 Å². The third-order valence-corrected chi connectivity index (χ3v) is 4.13. The highest BCUT2D eigenvalue weighted by Gasteiger charge is 2.24. The molecule has 0 amide bonds. The second kappa shape index (κ2) is 5.31. The monoisotopic (exact) mass is 210 g/mol. The standard InChI is InChI=1S/C13H26N2/c1-3-12-6-8-15(9-7-12)11(2)10-14-13-4-5-13/h11-14H,3-10H2,1-2H3. The zero-order valence-corrected chi connectivity index (χ0v) is 10.3. The molecule has 0 aromatic heterocycles. The average Bonchev–Trinajstić information content (AvgIpc) is 3.10. The first-order chi connectivity index (χ1) is 7.29. The Hall–Kier alpha value is -0.0800. The topological polar surface area (TPSA) is 15.3 Å². The fraction of sp³-hybridized carbons (Fsp3) is 1.00. The Labute approximate surface area is 94.4 Å². The Morgan fingerprint density at radius 3 is 2.40 bits per heavy atom. The minimum atomic E-state index is 0.739. The van der Waals surface area contributed by atoms with E-state index in [1.165, 1.54) is 51.7 Å². The van der Waals surface area contributed by atoms with Crippen LogP contribution in [0.2, 0.25) is 0 Å². The molecule has 1 saturated heterocycles. The highest BCUT2D eigenvalue weighted by Crippen LogP contribution is 2.22. The number of rotatable bonds is 5. The summed E-state index contributed by atoms with van der Waals surface area (Å²) in [6.07, 6.45) is 7.03. The maximum Gasteiger partial charge on any atom is 0.0192 e. The molecule has 1 unspecified atom stereocenters. The second-order valence-corrected chi connectivity index (χ2v) is 5.42. The predicted octanol–water partition coefficient (Wildman–Crippen LogP) is 2.25. The van der Waals surface area contributed by atoms with Crippen molar-refractivity contribution >= 4 is 0 Å². The van der Waals surface area contributed by atoms with Crippen molar-refractivity contribution in [1.82, 2.24) is 10.2 Å². The van der Waals surface area contributed by atoms with Gasteiger partial charge in [-0.2, -0.15) is 0 Å². The molecule has 2 rings (SSSR count). The summed E-state index contributed by atoms with van der Waals surface area (Å²) in [6, 6.07) is 1.60. The third-order valence-electron chi connectivity index (χ3n) is 4.13. The van der Waals surface area contributed by atoms with Gasteiger partial charge in [0.25, 0.3) is 0 Å². The molecule has 0 spiro atoms. The van der Waals surface area contributed by atoms with E-state index in [2.05, 4.69) is 24.1 Å². The van der Waals surface area contributed by atoms with Crippen LogP contribution < -0.4 is 5.32 Å². The molecule has 0 aromatic rings. The molecule has 2 aliphatic rings. The van der Waals surface area contributed by atoms with Crippen LogP contribution in [0.15, 0.2) is 0 Å². The first-order valence-electron chi connectivity index (χ1n) is 6.77. The Morgan fingerprint density at radius 1 is 1.20 bits per heavy atom. The van der Waals surface area contributed by atoms with Gasteiger partial charge in [-0.05, 0) is 51.6 Å². The highest BCUT2D eigenvalue weighted by molar-refractivity contribution is 4.84. The van der Waals surface area contributed by atoms with Crippen LogP contribution in [0.4, 0.5) is 0 Å². The first-order valence-corrected chi connectivity index (χ1v) is 6.77. The van der Waals surface area contributed by atoms with E-state index in [4.69, 9.17) is 0 Å². The molecular weight excluding hydrogens is 184 g/mol. The van der Waals surface area contributed by atoms with Gasteiger partial charge in [-0.25, -0.2) is 0 Å². The van der Waals surface area contributed by atoms with Gasteiger partial charge < -0.3 is 5.32 Å². The molecule has 1 saturated carbocycles. The maximum atomic E-state index is 3.64. The Morgan fingerprint density at radius 2 is 1.87 bits per heavy atom. The molecule has 1 aliphatic carbocycles. The van der Waals surface area contributed by atoms with Gasteiger partial charge in [0, 0.05) is 18.6 Å². The van der Waals surface area contributed by atoms with Crippen molar-refractivity contribution in [3.63, 3.8) is 0 Å². The summed E-state index contributed by atoms with van der Waals surface area (Å²) < 4.78 is 0. The molecule has 2 fully saturated rings. The summed E-state index contributed by atoms with van der Waals surface area (Å²) in [4.78, 5) is 2.67. The van der Waals surface area contributed by atoms with E-state index in [1.807, 2.05) is 0 Å². The smallest absolute Gasteiger partial charge is 0.0192 e. The van der Waals surface area contributed by atoms with E-state index >= 15 is 0 Å². The van der Waals surface area contributed by atoms with Crippen LogP contribution in [-0.4, -0.2) is 36.6 Å². The van der Waals surface area contributed by atoms with Crippen LogP contribution in [-0.2, 0) is 0 Å². The lowest BCUT2D eigenvalue weighted by molar-refractivity contribution is 0.137. The summed E-state index contributed by atoms with van der Waals surface area (Å²) in [5.74, 6) is 1.00. The Balaban J connectivity index is 1.64. The molecule has 2 heteroatoms. The van der Waals surface area contributed by atoms with Gasteiger partial charge in [-0.1, -0.05) is 13.3 Å². The molecule has 2 nitrogen and oxygen atoms in total. The van der Waals surface area contributed by atoms with Gasteiger partial charge in [0.1, 0.15) is 0 Å². The van der Waals surface area contributed by atoms with Crippen molar-refractivity contribution in [3.8, 4) is 0 Å². The lowest BCUT2D eigenvalue weighted by Gasteiger charge is -2.36. The summed E-state index contributed by atoms with van der Waals surface area (Å²) in [5.41, 5.74) is 0. The second-order valence-electron chi connectivity index (χ2n) is 5.42. The number of hydrogen-bond donors (Lipinski definition) is 1. The first kappa shape index (κ1) is 11.4. The molecule has 1 N–H and O–H groups in total. The SMILES string of the molecule is CCC1CCN(C(C)CNC2CC2)CC1. The Bertz CT molecular complexity index is 181. The van der Waals surface area contributed by atoms with E-state index in [1.54, 1.807) is 0 Å². The third kappa shape index (κ3) is 3.46. The number of nitrogens with one attached hydrogen (secondary N) is 1. The lowest BCUT2D eigenvalue weighted by Crippen LogP contribution is -2.45. The van der Waals surface area contributed by atoms with Gasteiger partial charge in [0.05, 0.1) is 0 Å². The largest absolute Gasteiger partial charge is 0.312 e. The maximum absolute atomic E-state index is 3.64. The van der Waals surface area contributed by atoms with Gasteiger partial charge in [0.15, 0.2) is 0 Å². The molecule has 88 valence electrons. The van der Waals surface area contributed by atoms with Crippen LogP contribution in [0.5, 0.6) is 0 Å². The van der Waals surface area contributed by atoms with Crippen molar-refractivity contribution in [3.05, 3.63) is 0 Å². The summed E-state index contributed by atoms with van der Waals surface area (Å²) in [7, 11) is 0. The molecule has 1 heterocycles. The highest BCUT2D eigenvalue weighted by atomic mass is 15.2. The number of piperidine rings is 1. The molecule has 0 radical (unpaired) electrons. The van der Waals surface area contributed by atoms with Crippen molar-refractivity contribution in [2.24, 2.45) is 5.92 Å². The molecule has 1 aliphatic heterocycles. The normalized spacial score (nSPS) is 26.8. The summed E-state index contributed by atoms with van der Waals surface area (Å²) >= 11 is 0. The quantitative estimate of drug-likeness (QED) is 0.749. The fourth-order valence-electron chi connectivity index (χ4n) is 2.56. The predicted molar refractivity (Wildman–Crippen MR) is 65.1 cm³/mol. The lowest BCUT2D eigenvalue weighted by atomic mass is 9.94. The van der Waals surface area contributed by atoms with Gasteiger partial charge in [-0.15, -0.1) is 0 Å². The van der Waals surface area contributed by atoms with Crippen molar-refractivity contribution in [1.29, 1.82) is 0 Å². The van der Waals surface area contributed by atoms with E-state index < -0.39 is 0 Å². The minimum Gasteiger partial charge on any atom is -0.312 e. The zero-order chi connectivity index (χ0) is 10.7. The van der Waals surface area contributed by atoms with Crippen molar-refractivity contribution in [2.75, 3.05) is 19.6 Å². The number of nitrogens with zero attached hydrogens (tertiary/aromatic N) is 1. The molecule has 15 heavy (non-hydrogen) atoms. The fourth-order valence-corrected chi connectivity index (χ4v) is 2.56.